The summed E-state index contributed by atoms with van der Waals surface area (Å²) in [6.07, 6.45) is 32.8. The average Bonchev–Trinajstić information content (AvgIpc) is 3.09. The molecular formula is C42H81NO5. The largest absolute Gasteiger partial charge is 0.465 e. The minimum Gasteiger partial charge on any atom is -0.465 e. The maximum Gasteiger partial charge on any atom is 0.323 e. The molecule has 0 heterocycles. The molecule has 1 aliphatic carbocycles. The molecule has 0 aromatic heterocycles. The van der Waals surface area contributed by atoms with Gasteiger partial charge in [-0.2, -0.15) is 0 Å². The zero-order valence-corrected chi connectivity index (χ0v) is 32.5. The Balaban J connectivity index is 2.55. The van der Waals surface area contributed by atoms with Crippen molar-refractivity contribution in [3.8, 4) is 0 Å². The van der Waals surface area contributed by atoms with Gasteiger partial charge in [-0.1, -0.05) is 149 Å². The lowest BCUT2D eigenvalue weighted by Gasteiger charge is -2.36. The van der Waals surface area contributed by atoms with Gasteiger partial charge < -0.3 is 19.5 Å². The molecule has 284 valence electrons. The molecule has 0 bridgehead atoms. The molecule has 1 N–H and O–H groups in total. The van der Waals surface area contributed by atoms with Crippen LogP contribution in [0, 0.1) is 5.41 Å². The van der Waals surface area contributed by atoms with Crippen molar-refractivity contribution in [3.63, 3.8) is 0 Å². The molecule has 1 aliphatic rings. The van der Waals surface area contributed by atoms with Gasteiger partial charge in [-0.05, 0) is 77.8 Å². The summed E-state index contributed by atoms with van der Waals surface area (Å²) in [4.78, 5) is 29.4. The van der Waals surface area contributed by atoms with E-state index in [4.69, 9.17) is 9.47 Å². The summed E-state index contributed by atoms with van der Waals surface area (Å²) in [7, 11) is 0. The van der Waals surface area contributed by atoms with E-state index in [2.05, 4.69) is 25.7 Å². The lowest BCUT2D eigenvalue weighted by molar-refractivity contribution is -0.172. The highest BCUT2D eigenvalue weighted by Gasteiger charge is 2.43. The molecule has 0 radical (unpaired) electrons. The van der Waals surface area contributed by atoms with Crippen LogP contribution in [-0.4, -0.2) is 60.4 Å². The second-order valence-electron chi connectivity index (χ2n) is 15.3. The first-order chi connectivity index (χ1) is 23.4. The molecule has 0 unspecified atom stereocenters. The molecular weight excluding hydrogens is 598 g/mol. The predicted octanol–water partition coefficient (Wildman–Crippen LogP) is 11.5. The Kier molecular flexibility index (Phi) is 28.7. The van der Waals surface area contributed by atoms with Gasteiger partial charge in [0.15, 0.2) is 5.41 Å². The smallest absolute Gasteiger partial charge is 0.323 e. The highest BCUT2D eigenvalue weighted by molar-refractivity contribution is 5.99. The van der Waals surface area contributed by atoms with Crippen LogP contribution in [0.15, 0.2) is 0 Å². The van der Waals surface area contributed by atoms with Crippen LogP contribution in [-0.2, 0) is 19.1 Å². The Morgan fingerprint density at radius 3 is 1.31 bits per heavy atom. The average molecular weight is 680 g/mol. The molecule has 0 aromatic carbocycles. The van der Waals surface area contributed by atoms with E-state index in [1.54, 1.807) is 6.92 Å². The SMILES string of the molecule is CCCCCCCCCCN(CCCCCCC(C)(C(=O)OCCCCCCCC)C(=O)OCCCCCCCC)C1CCC(O)CC1. The third-order valence-corrected chi connectivity index (χ3v) is 10.7. The molecule has 0 aromatic rings. The van der Waals surface area contributed by atoms with Crippen LogP contribution < -0.4 is 0 Å². The van der Waals surface area contributed by atoms with Crippen LogP contribution >= 0.6 is 0 Å². The van der Waals surface area contributed by atoms with Crippen molar-refractivity contribution in [1.29, 1.82) is 0 Å². The topological polar surface area (TPSA) is 76.1 Å². The van der Waals surface area contributed by atoms with Crippen molar-refractivity contribution in [2.45, 2.75) is 226 Å². The second-order valence-corrected chi connectivity index (χ2v) is 15.3. The Morgan fingerprint density at radius 2 is 0.896 bits per heavy atom. The van der Waals surface area contributed by atoms with Crippen molar-refractivity contribution in [2.75, 3.05) is 26.3 Å². The fraction of sp³-hybridized carbons (Fsp3) is 0.952. The number of hydrogen-bond donors (Lipinski definition) is 1. The lowest BCUT2D eigenvalue weighted by Crippen LogP contribution is -2.40. The highest BCUT2D eigenvalue weighted by atomic mass is 16.6. The third kappa shape index (κ3) is 21.8. The Morgan fingerprint density at radius 1 is 0.542 bits per heavy atom. The van der Waals surface area contributed by atoms with E-state index in [1.807, 2.05) is 0 Å². The van der Waals surface area contributed by atoms with Gasteiger partial charge in [0, 0.05) is 6.04 Å². The number of unbranched alkanes of at least 4 members (excludes halogenated alkanes) is 20. The van der Waals surface area contributed by atoms with Gasteiger partial charge >= 0.3 is 11.9 Å². The minimum atomic E-state index is -1.23. The normalized spacial score (nSPS) is 16.8. The van der Waals surface area contributed by atoms with Gasteiger partial charge in [-0.15, -0.1) is 0 Å². The number of aliphatic hydroxyl groups excluding tert-OH is 1. The van der Waals surface area contributed by atoms with E-state index in [0.717, 1.165) is 83.6 Å². The van der Waals surface area contributed by atoms with Gasteiger partial charge in [0.25, 0.3) is 0 Å². The molecule has 0 atom stereocenters. The molecule has 6 heteroatoms. The summed E-state index contributed by atoms with van der Waals surface area (Å²) in [5.74, 6) is -0.806. The summed E-state index contributed by atoms with van der Waals surface area (Å²) in [6, 6.07) is 0.601. The minimum absolute atomic E-state index is 0.115. The number of rotatable bonds is 33. The molecule has 1 saturated carbocycles. The first-order valence-corrected chi connectivity index (χ1v) is 21.2. The number of esters is 2. The molecule has 1 fully saturated rings. The first kappa shape index (κ1) is 44.9. The van der Waals surface area contributed by atoms with Crippen LogP contribution in [0.1, 0.15) is 214 Å². The van der Waals surface area contributed by atoms with Gasteiger partial charge in [0.05, 0.1) is 19.3 Å². The maximum absolute atomic E-state index is 13.3. The van der Waals surface area contributed by atoms with E-state index in [0.29, 0.717) is 25.7 Å². The number of ether oxygens (including phenoxy) is 2. The highest BCUT2D eigenvalue weighted by Crippen LogP contribution is 2.30. The molecule has 0 spiro atoms. The van der Waals surface area contributed by atoms with Crippen molar-refractivity contribution in [3.05, 3.63) is 0 Å². The zero-order valence-electron chi connectivity index (χ0n) is 32.5. The number of carbonyl (C=O) groups excluding carboxylic acids is 2. The van der Waals surface area contributed by atoms with Gasteiger partial charge in [0.1, 0.15) is 0 Å². The molecule has 1 rings (SSSR count). The molecule has 48 heavy (non-hydrogen) atoms. The number of nitrogens with zero attached hydrogens (tertiary/aromatic N) is 1. The molecule has 0 amide bonds. The van der Waals surface area contributed by atoms with Crippen molar-refractivity contribution in [2.24, 2.45) is 5.41 Å². The predicted molar refractivity (Wildman–Crippen MR) is 202 cm³/mol. The number of aliphatic hydroxyl groups is 1. The van der Waals surface area contributed by atoms with Gasteiger partial charge in [-0.25, -0.2) is 0 Å². The summed E-state index contributed by atoms with van der Waals surface area (Å²) in [5.41, 5.74) is -1.23. The summed E-state index contributed by atoms with van der Waals surface area (Å²) in [6.45, 7) is 11.5. The van der Waals surface area contributed by atoms with Crippen LogP contribution in [0.5, 0.6) is 0 Å². The Hall–Kier alpha value is -1.14. The molecule has 6 nitrogen and oxygen atoms in total. The number of carbonyl (C=O) groups is 2. The fourth-order valence-electron chi connectivity index (χ4n) is 7.20. The third-order valence-electron chi connectivity index (χ3n) is 10.7. The van der Waals surface area contributed by atoms with E-state index >= 15 is 0 Å². The second kappa shape index (κ2) is 30.7. The summed E-state index contributed by atoms with van der Waals surface area (Å²) in [5, 5.41) is 10.1. The molecule has 0 aliphatic heterocycles. The number of hydrogen-bond acceptors (Lipinski definition) is 6. The van der Waals surface area contributed by atoms with E-state index < -0.39 is 17.4 Å². The van der Waals surface area contributed by atoms with Crippen molar-refractivity contribution in [1.82, 2.24) is 4.90 Å². The maximum atomic E-state index is 13.3. The van der Waals surface area contributed by atoms with E-state index in [-0.39, 0.29) is 6.10 Å². The monoisotopic (exact) mass is 680 g/mol. The van der Waals surface area contributed by atoms with Gasteiger partial charge in [0.2, 0.25) is 0 Å². The molecule has 0 saturated heterocycles. The Labute approximate surface area is 298 Å². The Bertz CT molecular complexity index is 720. The van der Waals surface area contributed by atoms with Gasteiger partial charge in [-0.3, -0.25) is 9.59 Å². The summed E-state index contributed by atoms with van der Waals surface area (Å²) >= 11 is 0. The quantitative estimate of drug-likeness (QED) is 0.0423. The summed E-state index contributed by atoms with van der Waals surface area (Å²) < 4.78 is 11.4. The van der Waals surface area contributed by atoms with Crippen molar-refractivity contribution < 1.29 is 24.2 Å². The fourth-order valence-corrected chi connectivity index (χ4v) is 7.20. The first-order valence-electron chi connectivity index (χ1n) is 21.2. The van der Waals surface area contributed by atoms with Crippen molar-refractivity contribution >= 4 is 11.9 Å². The van der Waals surface area contributed by atoms with Crippen LogP contribution in [0.3, 0.4) is 0 Å². The lowest BCUT2D eigenvalue weighted by atomic mass is 9.84. The van der Waals surface area contributed by atoms with Crippen LogP contribution in [0.4, 0.5) is 0 Å². The van der Waals surface area contributed by atoms with E-state index in [1.165, 1.54) is 109 Å². The van der Waals surface area contributed by atoms with E-state index in [9.17, 15) is 14.7 Å². The van der Waals surface area contributed by atoms with Crippen LogP contribution in [0.25, 0.3) is 0 Å². The van der Waals surface area contributed by atoms with Crippen LogP contribution in [0.2, 0.25) is 0 Å². The zero-order chi connectivity index (χ0) is 35.1. The standard InChI is InChI=1S/C42H81NO5/c1-5-8-11-14-17-18-20-25-34-43(38-29-31-39(44)32-30-38)35-26-21-19-24-33-42(4,40(45)47-36-27-22-15-12-9-6-2)41(46)48-37-28-23-16-13-10-7-3/h38-39,44H,5-37H2,1-4H3.